The molecule has 0 spiro atoms. The number of nitrogens with one attached hydrogen (secondary N) is 1. The summed E-state index contributed by atoms with van der Waals surface area (Å²) < 4.78 is 10.3. The third kappa shape index (κ3) is 5.60. The number of rotatable bonds is 4. The van der Waals surface area contributed by atoms with E-state index in [1.165, 1.54) is 0 Å². The second-order valence-electron chi connectivity index (χ2n) is 5.11. The van der Waals surface area contributed by atoms with E-state index in [-0.39, 0.29) is 12.5 Å². The topological polar surface area (TPSA) is 85.9 Å². The molecule has 0 unspecified atom stereocenters. The van der Waals surface area contributed by atoms with Crippen molar-refractivity contribution in [1.82, 2.24) is 0 Å². The Morgan fingerprint density at radius 3 is 2.60 bits per heavy atom. The fourth-order valence-electron chi connectivity index (χ4n) is 1.45. The molecule has 0 atom stereocenters. The van der Waals surface area contributed by atoms with Crippen molar-refractivity contribution in [3.8, 4) is 5.75 Å². The molecule has 110 valence electrons. The first-order valence-electron chi connectivity index (χ1n) is 6.23. The number of ether oxygens (including phenoxy) is 2. The molecular formula is C14H21N3O3. The lowest BCUT2D eigenvalue weighted by atomic mass is 10.2. The number of para-hydroxylation sites is 2. The van der Waals surface area contributed by atoms with E-state index in [0.29, 0.717) is 11.4 Å². The SMILES string of the molecule is COc1ccccc1NC(N)=NCC(=O)OC(C)(C)C. The number of anilines is 1. The van der Waals surface area contributed by atoms with Crippen molar-refractivity contribution in [1.29, 1.82) is 0 Å². The summed E-state index contributed by atoms with van der Waals surface area (Å²) in [4.78, 5) is 15.4. The molecule has 1 rings (SSSR count). The summed E-state index contributed by atoms with van der Waals surface area (Å²) in [6, 6.07) is 7.28. The number of methoxy groups -OCH3 is 1. The van der Waals surface area contributed by atoms with Crippen LogP contribution in [-0.4, -0.2) is 31.2 Å². The summed E-state index contributed by atoms with van der Waals surface area (Å²) in [6.07, 6.45) is 0. The molecule has 20 heavy (non-hydrogen) atoms. The summed E-state index contributed by atoms with van der Waals surface area (Å²) >= 11 is 0. The lowest BCUT2D eigenvalue weighted by Gasteiger charge is -2.18. The van der Waals surface area contributed by atoms with Gasteiger partial charge in [-0.1, -0.05) is 12.1 Å². The van der Waals surface area contributed by atoms with Crippen molar-refractivity contribution >= 4 is 17.6 Å². The highest BCUT2D eigenvalue weighted by molar-refractivity contribution is 5.94. The Labute approximate surface area is 119 Å². The molecule has 0 bridgehead atoms. The van der Waals surface area contributed by atoms with Gasteiger partial charge in [0.15, 0.2) is 5.96 Å². The summed E-state index contributed by atoms with van der Waals surface area (Å²) in [5.74, 6) is 0.338. The molecular weight excluding hydrogens is 258 g/mol. The van der Waals surface area contributed by atoms with Gasteiger partial charge >= 0.3 is 5.97 Å². The Balaban J connectivity index is 2.60. The molecule has 0 saturated carbocycles. The van der Waals surface area contributed by atoms with E-state index in [2.05, 4.69) is 10.3 Å². The minimum Gasteiger partial charge on any atom is -0.495 e. The maximum atomic E-state index is 11.5. The van der Waals surface area contributed by atoms with Crippen molar-refractivity contribution in [2.75, 3.05) is 19.0 Å². The number of benzene rings is 1. The van der Waals surface area contributed by atoms with E-state index in [4.69, 9.17) is 15.2 Å². The maximum absolute atomic E-state index is 11.5. The first kappa shape index (κ1) is 15.8. The number of hydrogen-bond acceptors (Lipinski definition) is 4. The molecule has 1 aromatic carbocycles. The number of guanidine groups is 1. The molecule has 1 aromatic rings. The quantitative estimate of drug-likeness (QED) is 0.498. The lowest BCUT2D eigenvalue weighted by Crippen LogP contribution is -2.28. The van der Waals surface area contributed by atoms with E-state index >= 15 is 0 Å². The first-order valence-corrected chi connectivity index (χ1v) is 6.23. The predicted octanol–water partition coefficient (Wildman–Crippen LogP) is 1.76. The van der Waals surface area contributed by atoms with E-state index in [0.717, 1.165) is 0 Å². The summed E-state index contributed by atoms with van der Waals surface area (Å²) in [5.41, 5.74) is 5.87. The van der Waals surface area contributed by atoms with Gasteiger partial charge in [0, 0.05) is 0 Å². The van der Waals surface area contributed by atoms with Crippen LogP contribution in [0.2, 0.25) is 0 Å². The fourth-order valence-corrected chi connectivity index (χ4v) is 1.45. The third-order valence-electron chi connectivity index (χ3n) is 2.17. The van der Waals surface area contributed by atoms with Crippen LogP contribution in [0.25, 0.3) is 0 Å². The Kier molecular flexibility index (Phi) is 5.37. The summed E-state index contributed by atoms with van der Waals surface area (Å²) in [5, 5.41) is 2.87. The van der Waals surface area contributed by atoms with E-state index in [9.17, 15) is 4.79 Å². The van der Waals surface area contributed by atoms with Crippen LogP contribution in [0.15, 0.2) is 29.3 Å². The molecule has 0 radical (unpaired) electrons. The minimum absolute atomic E-state index is 0.125. The van der Waals surface area contributed by atoms with Crippen molar-refractivity contribution in [3.05, 3.63) is 24.3 Å². The summed E-state index contributed by atoms with van der Waals surface area (Å²) in [7, 11) is 1.56. The molecule has 0 aliphatic heterocycles. The van der Waals surface area contributed by atoms with Gasteiger partial charge in [-0.05, 0) is 32.9 Å². The zero-order chi connectivity index (χ0) is 15.2. The molecule has 0 fully saturated rings. The number of esters is 1. The lowest BCUT2D eigenvalue weighted by molar-refractivity contribution is -0.152. The molecule has 3 N–H and O–H groups in total. The monoisotopic (exact) mass is 279 g/mol. The largest absolute Gasteiger partial charge is 0.495 e. The predicted molar refractivity (Wildman–Crippen MR) is 79.0 cm³/mol. The molecule has 0 aliphatic carbocycles. The number of carbonyl (C=O) groups excluding carboxylic acids is 1. The van der Waals surface area contributed by atoms with Gasteiger partial charge in [0.1, 0.15) is 17.9 Å². The Hall–Kier alpha value is -2.24. The molecule has 0 aliphatic rings. The van der Waals surface area contributed by atoms with Crippen molar-refractivity contribution in [2.45, 2.75) is 26.4 Å². The zero-order valence-corrected chi connectivity index (χ0v) is 12.3. The van der Waals surface area contributed by atoms with Crippen LogP contribution in [0.3, 0.4) is 0 Å². The summed E-state index contributed by atoms with van der Waals surface area (Å²) in [6.45, 7) is 5.26. The van der Waals surface area contributed by atoms with Crippen LogP contribution in [0.4, 0.5) is 5.69 Å². The minimum atomic E-state index is -0.530. The second kappa shape index (κ2) is 6.79. The van der Waals surface area contributed by atoms with E-state index < -0.39 is 11.6 Å². The molecule has 6 nitrogen and oxygen atoms in total. The Morgan fingerprint density at radius 1 is 1.35 bits per heavy atom. The van der Waals surface area contributed by atoms with E-state index in [1.807, 2.05) is 12.1 Å². The number of aliphatic imine (C=N–C) groups is 1. The van der Waals surface area contributed by atoms with Crippen LogP contribution in [0.5, 0.6) is 5.75 Å². The number of carbonyl (C=O) groups is 1. The van der Waals surface area contributed by atoms with Crippen LogP contribution >= 0.6 is 0 Å². The molecule has 0 heterocycles. The third-order valence-corrected chi connectivity index (χ3v) is 2.17. The number of nitrogens with two attached hydrogens (primary N) is 1. The standard InChI is InChI=1S/C14H21N3O3/c1-14(2,3)20-12(18)9-16-13(15)17-10-7-5-6-8-11(10)19-4/h5-8H,9H2,1-4H3,(H3,15,16,17). The van der Waals surface area contributed by atoms with Crippen molar-refractivity contribution in [3.63, 3.8) is 0 Å². The van der Waals surface area contributed by atoms with Gasteiger partial charge in [0.25, 0.3) is 0 Å². The normalized spacial score (nSPS) is 11.9. The van der Waals surface area contributed by atoms with Crippen LogP contribution in [0.1, 0.15) is 20.8 Å². The van der Waals surface area contributed by atoms with Crippen molar-refractivity contribution in [2.24, 2.45) is 10.7 Å². The maximum Gasteiger partial charge on any atom is 0.328 e. The number of hydrogen-bond donors (Lipinski definition) is 2. The smallest absolute Gasteiger partial charge is 0.328 e. The van der Waals surface area contributed by atoms with Gasteiger partial charge < -0.3 is 20.5 Å². The molecule has 0 aromatic heterocycles. The van der Waals surface area contributed by atoms with Crippen LogP contribution < -0.4 is 15.8 Å². The van der Waals surface area contributed by atoms with Crippen molar-refractivity contribution < 1.29 is 14.3 Å². The van der Waals surface area contributed by atoms with Gasteiger partial charge in [-0.2, -0.15) is 0 Å². The molecule has 6 heteroatoms. The van der Waals surface area contributed by atoms with Gasteiger partial charge in [0.05, 0.1) is 12.8 Å². The fraction of sp³-hybridized carbons (Fsp3) is 0.429. The van der Waals surface area contributed by atoms with Gasteiger partial charge in [0.2, 0.25) is 0 Å². The average molecular weight is 279 g/mol. The van der Waals surface area contributed by atoms with Gasteiger partial charge in [-0.25, -0.2) is 4.99 Å². The Morgan fingerprint density at radius 2 is 2.00 bits per heavy atom. The number of nitrogens with zero attached hydrogens (tertiary/aromatic N) is 1. The highest BCUT2D eigenvalue weighted by Crippen LogP contribution is 2.22. The zero-order valence-electron chi connectivity index (χ0n) is 12.3. The van der Waals surface area contributed by atoms with Gasteiger partial charge in [-0.15, -0.1) is 0 Å². The highest BCUT2D eigenvalue weighted by atomic mass is 16.6. The first-order chi connectivity index (χ1) is 9.31. The second-order valence-corrected chi connectivity index (χ2v) is 5.11. The van der Waals surface area contributed by atoms with Gasteiger partial charge in [-0.3, -0.25) is 4.79 Å². The van der Waals surface area contributed by atoms with Crippen LogP contribution in [0, 0.1) is 0 Å². The average Bonchev–Trinajstić information content (AvgIpc) is 2.35. The van der Waals surface area contributed by atoms with Crippen LogP contribution in [-0.2, 0) is 9.53 Å². The molecule has 0 amide bonds. The Bertz CT molecular complexity index is 493. The molecule has 0 saturated heterocycles. The highest BCUT2D eigenvalue weighted by Gasteiger charge is 2.15. The van der Waals surface area contributed by atoms with E-state index in [1.54, 1.807) is 40.0 Å².